The minimum absolute atomic E-state index is 0. The lowest BCUT2D eigenvalue weighted by Crippen LogP contribution is -2.31. The Morgan fingerprint density at radius 1 is 1.19 bits per heavy atom. The Bertz CT molecular complexity index is 842. The van der Waals surface area contributed by atoms with Gasteiger partial charge in [-0.2, -0.15) is 0 Å². The van der Waals surface area contributed by atoms with Gasteiger partial charge in [0.2, 0.25) is 0 Å². The standard InChI is InChI=1S/C21H23NO4.ClH/c1-14(11-15-7-9-16(10-8-15)21(24)25-2)22-13-18(23)20-12-17-5-3-4-6-19(17)26-20;/h3-10,12,14,18,22-23H,11,13H2,1-2H3;1H/t14-,18-;/m1./s1. The first-order chi connectivity index (χ1) is 12.6. The number of methoxy groups -OCH3 is 1. The predicted molar refractivity (Wildman–Crippen MR) is 107 cm³/mol. The molecule has 144 valence electrons. The summed E-state index contributed by atoms with van der Waals surface area (Å²) in [5.74, 6) is 0.227. The number of rotatable bonds is 7. The first-order valence-corrected chi connectivity index (χ1v) is 8.64. The molecule has 0 spiro atoms. The van der Waals surface area contributed by atoms with Gasteiger partial charge in [-0.25, -0.2) is 4.79 Å². The van der Waals surface area contributed by atoms with Crippen molar-refractivity contribution >= 4 is 29.3 Å². The molecule has 0 aliphatic carbocycles. The number of nitrogens with one attached hydrogen (secondary N) is 1. The summed E-state index contributed by atoms with van der Waals surface area (Å²) in [6.45, 7) is 2.46. The number of benzene rings is 2. The van der Waals surface area contributed by atoms with Crippen molar-refractivity contribution < 1.29 is 19.1 Å². The van der Waals surface area contributed by atoms with Gasteiger partial charge >= 0.3 is 5.97 Å². The van der Waals surface area contributed by atoms with Gasteiger partial charge in [-0.3, -0.25) is 0 Å². The van der Waals surface area contributed by atoms with Crippen LogP contribution in [0.4, 0.5) is 0 Å². The van der Waals surface area contributed by atoms with Gasteiger partial charge in [0.05, 0.1) is 12.7 Å². The number of esters is 1. The lowest BCUT2D eigenvalue weighted by Gasteiger charge is -2.16. The van der Waals surface area contributed by atoms with Gasteiger partial charge in [0.25, 0.3) is 0 Å². The molecule has 0 bridgehead atoms. The third-order valence-electron chi connectivity index (χ3n) is 4.35. The second-order valence-electron chi connectivity index (χ2n) is 6.40. The van der Waals surface area contributed by atoms with Crippen molar-refractivity contribution in [2.24, 2.45) is 0 Å². The summed E-state index contributed by atoms with van der Waals surface area (Å²) >= 11 is 0. The molecule has 0 fully saturated rings. The Kier molecular flexibility index (Phi) is 7.42. The molecule has 3 rings (SSSR count). The summed E-state index contributed by atoms with van der Waals surface area (Å²) in [5, 5.41) is 14.7. The zero-order valence-electron chi connectivity index (χ0n) is 15.3. The van der Waals surface area contributed by atoms with Gasteiger partial charge in [0.15, 0.2) is 0 Å². The van der Waals surface area contributed by atoms with Crippen molar-refractivity contribution in [2.75, 3.05) is 13.7 Å². The topological polar surface area (TPSA) is 71.7 Å². The summed E-state index contributed by atoms with van der Waals surface area (Å²) < 4.78 is 10.4. The Balaban J connectivity index is 0.00000261. The molecule has 0 unspecified atom stereocenters. The van der Waals surface area contributed by atoms with Crippen LogP contribution < -0.4 is 5.32 Å². The number of furan rings is 1. The molecule has 0 saturated heterocycles. The van der Waals surface area contributed by atoms with Crippen LogP contribution in [0, 0.1) is 0 Å². The smallest absolute Gasteiger partial charge is 0.337 e. The Hall–Kier alpha value is -2.34. The third-order valence-corrected chi connectivity index (χ3v) is 4.35. The van der Waals surface area contributed by atoms with Crippen molar-refractivity contribution in [2.45, 2.75) is 25.5 Å². The van der Waals surface area contributed by atoms with E-state index in [1.807, 2.05) is 42.5 Å². The minimum Gasteiger partial charge on any atom is -0.465 e. The maximum atomic E-state index is 11.5. The molecule has 0 saturated carbocycles. The fourth-order valence-electron chi connectivity index (χ4n) is 2.90. The molecule has 0 aliphatic heterocycles. The quantitative estimate of drug-likeness (QED) is 0.600. The predicted octanol–water partition coefficient (Wildman–Crippen LogP) is 3.90. The average Bonchev–Trinajstić information content (AvgIpc) is 3.10. The summed E-state index contributed by atoms with van der Waals surface area (Å²) in [5.41, 5.74) is 2.42. The van der Waals surface area contributed by atoms with Crippen molar-refractivity contribution in [1.29, 1.82) is 0 Å². The van der Waals surface area contributed by atoms with E-state index in [1.54, 1.807) is 12.1 Å². The Labute approximate surface area is 164 Å². The van der Waals surface area contributed by atoms with E-state index < -0.39 is 6.10 Å². The SMILES string of the molecule is COC(=O)c1ccc(C[C@@H](C)NC[C@@H](O)c2cc3ccccc3o2)cc1.Cl. The number of carbonyl (C=O) groups excluding carboxylic acids is 1. The number of hydrogen-bond donors (Lipinski definition) is 2. The minimum atomic E-state index is -0.702. The second kappa shape index (κ2) is 9.55. The van der Waals surface area contributed by atoms with Crippen LogP contribution in [0.3, 0.4) is 0 Å². The molecule has 3 aromatic rings. The maximum Gasteiger partial charge on any atom is 0.337 e. The van der Waals surface area contributed by atoms with Crippen LogP contribution in [0.15, 0.2) is 59.0 Å². The summed E-state index contributed by atoms with van der Waals surface area (Å²) in [4.78, 5) is 11.5. The number of para-hydroxylation sites is 1. The number of fused-ring (bicyclic) bond motifs is 1. The highest BCUT2D eigenvalue weighted by molar-refractivity contribution is 5.89. The summed E-state index contributed by atoms with van der Waals surface area (Å²) in [7, 11) is 1.37. The lowest BCUT2D eigenvalue weighted by molar-refractivity contribution is 0.0600. The van der Waals surface area contributed by atoms with E-state index in [1.165, 1.54) is 7.11 Å². The normalized spacial score (nSPS) is 13.0. The molecule has 1 aromatic heterocycles. The second-order valence-corrected chi connectivity index (χ2v) is 6.40. The molecule has 27 heavy (non-hydrogen) atoms. The zero-order valence-corrected chi connectivity index (χ0v) is 16.2. The van der Waals surface area contributed by atoms with Crippen molar-refractivity contribution in [3.05, 3.63) is 71.5 Å². The molecule has 0 radical (unpaired) electrons. The van der Waals surface area contributed by atoms with E-state index in [4.69, 9.17) is 9.15 Å². The number of aliphatic hydroxyl groups excluding tert-OH is 1. The molecular formula is C21H24ClNO4. The van der Waals surface area contributed by atoms with E-state index in [-0.39, 0.29) is 24.4 Å². The molecule has 6 heteroatoms. The largest absolute Gasteiger partial charge is 0.465 e. The molecular weight excluding hydrogens is 366 g/mol. The third kappa shape index (κ3) is 5.32. The molecule has 2 atom stereocenters. The monoisotopic (exact) mass is 389 g/mol. The maximum absolute atomic E-state index is 11.5. The highest BCUT2D eigenvalue weighted by atomic mass is 35.5. The van der Waals surface area contributed by atoms with Crippen molar-refractivity contribution in [3.63, 3.8) is 0 Å². The average molecular weight is 390 g/mol. The van der Waals surface area contributed by atoms with Gasteiger partial charge in [-0.15, -0.1) is 12.4 Å². The van der Waals surface area contributed by atoms with Crippen LogP contribution in [0.25, 0.3) is 11.0 Å². The number of aliphatic hydroxyl groups is 1. The Morgan fingerprint density at radius 2 is 1.89 bits per heavy atom. The van der Waals surface area contributed by atoms with E-state index in [0.717, 1.165) is 23.0 Å². The first-order valence-electron chi connectivity index (χ1n) is 8.64. The molecule has 5 nitrogen and oxygen atoms in total. The highest BCUT2D eigenvalue weighted by Crippen LogP contribution is 2.23. The molecule has 2 aromatic carbocycles. The zero-order chi connectivity index (χ0) is 18.5. The molecule has 0 aliphatic rings. The fraction of sp³-hybridized carbons (Fsp3) is 0.286. The number of halogens is 1. The number of ether oxygens (including phenoxy) is 1. The van der Waals surface area contributed by atoms with Crippen LogP contribution in [0.2, 0.25) is 0 Å². The van der Waals surface area contributed by atoms with Gasteiger partial charge in [0.1, 0.15) is 17.4 Å². The molecule has 1 heterocycles. The fourth-order valence-corrected chi connectivity index (χ4v) is 2.90. The molecule has 0 amide bonds. The van der Waals surface area contributed by atoms with Crippen LogP contribution in [0.5, 0.6) is 0 Å². The highest BCUT2D eigenvalue weighted by Gasteiger charge is 2.14. The van der Waals surface area contributed by atoms with E-state index in [0.29, 0.717) is 17.9 Å². The molecule has 2 N–H and O–H groups in total. The van der Waals surface area contributed by atoms with Gasteiger partial charge in [-0.05, 0) is 43.2 Å². The van der Waals surface area contributed by atoms with Crippen LogP contribution in [0.1, 0.15) is 34.7 Å². The van der Waals surface area contributed by atoms with Crippen LogP contribution >= 0.6 is 12.4 Å². The number of hydrogen-bond acceptors (Lipinski definition) is 5. The van der Waals surface area contributed by atoms with Gasteiger partial charge in [0, 0.05) is 18.0 Å². The first kappa shape index (κ1) is 21.0. The van der Waals surface area contributed by atoms with E-state index >= 15 is 0 Å². The summed E-state index contributed by atoms with van der Waals surface area (Å²) in [6, 6.07) is 17.1. The van der Waals surface area contributed by atoms with Crippen molar-refractivity contribution in [1.82, 2.24) is 5.32 Å². The lowest BCUT2D eigenvalue weighted by atomic mass is 10.0. The van der Waals surface area contributed by atoms with E-state index in [9.17, 15) is 9.90 Å². The van der Waals surface area contributed by atoms with Crippen LogP contribution in [-0.4, -0.2) is 30.8 Å². The van der Waals surface area contributed by atoms with Crippen LogP contribution in [-0.2, 0) is 11.2 Å². The number of carbonyl (C=O) groups is 1. The Morgan fingerprint density at radius 3 is 2.56 bits per heavy atom. The van der Waals surface area contributed by atoms with Gasteiger partial charge < -0.3 is 19.6 Å². The van der Waals surface area contributed by atoms with Crippen molar-refractivity contribution in [3.8, 4) is 0 Å². The van der Waals surface area contributed by atoms with Gasteiger partial charge in [-0.1, -0.05) is 30.3 Å². The van der Waals surface area contributed by atoms with E-state index in [2.05, 4.69) is 12.2 Å². The summed E-state index contributed by atoms with van der Waals surface area (Å²) in [6.07, 6.45) is 0.0837.